The van der Waals surface area contributed by atoms with Gasteiger partial charge >= 0.3 is 17.9 Å². The predicted octanol–water partition coefficient (Wildman–Crippen LogP) is 20.0. The van der Waals surface area contributed by atoms with Crippen molar-refractivity contribution in [3.63, 3.8) is 0 Å². The Hall–Kier alpha value is -2.37. The Morgan fingerprint density at radius 1 is 0.294 bits per heavy atom. The monoisotopic (exact) mass is 955 g/mol. The summed E-state index contributed by atoms with van der Waals surface area (Å²) in [6, 6.07) is 0. The van der Waals surface area contributed by atoms with Crippen LogP contribution in [0.15, 0.2) is 36.5 Å². The molecule has 0 bridgehead atoms. The second-order valence-electron chi connectivity index (χ2n) is 20.3. The topological polar surface area (TPSA) is 78.9 Å². The molecule has 1 unspecified atom stereocenters. The van der Waals surface area contributed by atoms with E-state index in [1.165, 1.54) is 212 Å². The van der Waals surface area contributed by atoms with E-state index < -0.39 is 6.10 Å². The maximum Gasteiger partial charge on any atom is 0.306 e. The Morgan fingerprint density at radius 3 is 0.853 bits per heavy atom. The zero-order valence-electron chi connectivity index (χ0n) is 45.6. The molecule has 0 heterocycles. The van der Waals surface area contributed by atoms with Gasteiger partial charge in [0.05, 0.1) is 0 Å². The zero-order chi connectivity index (χ0) is 49.3. The molecule has 0 aliphatic carbocycles. The van der Waals surface area contributed by atoms with Crippen molar-refractivity contribution < 1.29 is 28.6 Å². The summed E-state index contributed by atoms with van der Waals surface area (Å²) in [6.45, 7) is 6.64. The van der Waals surface area contributed by atoms with E-state index in [4.69, 9.17) is 14.2 Å². The van der Waals surface area contributed by atoms with Gasteiger partial charge in [-0.15, -0.1) is 0 Å². The Balaban J connectivity index is 4.20. The maximum atomic E-state index is 12.8. The number of esters is 3. The molecule has 0 aromatic carbocycles. The molecule has 398 valence electrons. The van der Waals surface area contributed by atoms with E-state index in [0.29, 0.717) is 19.3 Å². The predicted molar refractivity (Wildman–Crippen MR) is 293 cm³/mol. The van der Waals surface area contributed by atoms with Crippen LogP contribution in [0.25, 0.3) is 0 Å². The highest BCUT2D eigenvalue weighted by molar-refractivity contribution is 5.71. The van der Waals surface area contributed by atoms with Crippen LogP contribution in [0.5, 0.6) is 0 Å². The van der Waals surface area contributed by atoms with Crippen LogP contribution in [0.2, 0.25) is 0 Å². The van der Waals surface area contributed by atoms with E-state index in [2.05, 4.69) is 57.2 Å². The van der Waals surface area contributed by atoms with Gasteiger partial charge in [0.1, 0.15) is 13.2 Å². The summed E-state index contributed by atoms with van der Waals surface area (Å²) in [5.41, 5.74) is 0. The van der Waals surface area contributed by atoms with Gasteiger partial charge in [-0.25, -0.2) is 0 Å². The molecule has 6 nitrogen and oxygen atoms in total. The number of allylic oxidation sites excluding steroid dienone is 6. The van der Waals surface area contributed by atoms with E-state index in [1.54, 1.807) is 0 Å². The number of rotatable bonds is 55. The lowest BCUT2D eigenvalue weighted by atomic mass is 10.0. The lowest BCUT2D eigenvalue weighted by Crippen LogP contribution is -2.30. The lowest BCUT2D eigenvalue weighted by Gasteiger charge is -2.18. The standard InChI is InChI=1S/C62H114O6/c1-4-7-10-13-16-19-22-25-26-27-28-29-30-31-32-33-34-35-36-38-40-43-46-49-52-55-61(64)67-58-59(57-66-60(63)54-51-48-45-42-39-24-21-18-15-12-9-6-3)68-62(65)56-53-50-47-44-41-37-23-20-17-14-11-8-5-2/h18,21-22,25,27-28,59H,4-17,19-20,23-24,26,29-58H2,1-3H3/b21-18-,25-22-,28-27-. The van der Waals surface area contributed by atoms with Crippen LogP contribution < -0.4 is 0 Å². The van der Waals surface area contributed by atoms with Crippen molar-refractivity contribution in [2.45, 2.75) is 329 Å². The molecule has 6 heteroatoms. The second-order valence-corrected chi connectivity index (χ2v) is 20.3. The summed E-state index contributed by atoms with van der Waals surface area (Å²) in [5, 5.41) is 0. The summed E-state index contributed by atoms with van der Waals surface area (Å²) in [5.74, 6) is -0.864. The van der Waals surface area contributed by atoms with E-state index in [-0.39, 0.29) is 31.1 Å². The molecule has 0 N–H and O–H groups in total. The average Bonchev–Trinajstić information content (AvgIpc) is 3.34. The number of unbranched alkanes of at least 4 members (excludes halogenated alkanes) is 38. The van der Waals surface area contributed by atoms with Crippen molar-refractivity contribution in [2.24, 2.45) is 0 Å². The Morgan fingerprint density at radius 2 is 0.529 bits per heavy atom. The fourth-order valence-corrected chi connectivity index (χ4v) is 8.82. The number of hydrogen-bond donors (Lipinski definition) is 0. The third kappa shape index (κ3) is 54.6. The lowest BCUT2D eigenvalue weighted by molar-refractivity contribution is -0.167. The van der Waals surface area contributed by atoms with E-state index in [1.807, 2.05) is 0 Å². The summed E-state index contributed by atoms with van der Waals surface area (Å²) >= 11 is 0. The molecule has 0 rings (SSSR count). The van der Waals surface area contributed by atoms with Crippen molar-refractivity contribution in [3.05, 3.63) is 36.5 Å². The number of carbonyl (C=O) groups excluding carboxylic acids is 3. The van der Waals surface area contributed by atoms with Crippen molar-refractivity contribution in [3.8, 4) is 0 Å². The molecule has 0 aliphatic heterocycles. The summed E-state index contributed by atoms with van der Waals surface area (Å²) < 4.78 is 16.9. The van der Waals surface area contributed by atoms with Crippen LogP contribution in [0.4, 0.5) is 0 Å². The highest BCUT2D eigenvalue weighted by Gasteiger charge is 2.19. The molecule has 1 atom stereocenters. The third-order valence-corrected chi connectivity index (χ3v) is 13.4. The summed E-state index contributed by atoms with van der Waals surface area (Å²) in [7, 11) is 0. The van der Waals surface area contributed by atoms with Gasteiger partial charge in [-0.2, -0.15) is 0 Å². The van der Waals surface area contributed by atoms with Crippen molar-refractivity contribution >= 4 is 17.9 Å². The minimum atomic E-state index is -0.771. The van der Waals surface area contributed by atoms with E-state index in [9.17, 15) is 14.4 Å². The first-order chi connectivity index (χ1) is 33.5. The van der Waals surface area contributed by atoms with Gasteiger partial charge in [-0.05, 0) is 77.0 Å². The molecule has 0 radical (unpaired) electrons. The Bertz CT molecular complexity index is 1140. The van der Waals surface area contributed by atoms with Crippen molar-refractivity contribution in [1.29, 1.82) is 0 Å². The number of carbonyl (C=O) groups is 3. The van der Waals surface area contributed by atoms with Gasteiger partial charge < -0.3 is 14.2 Å². The Labute approximate surface area is 423 Å². The van der Waals surface area contributed by atoms with Gasteiger partial charge in [0.2, 0.25) is 0 Å². The first-order valence-corrected chi connectivity index (χ1v) is 30.0. The first-order valence-electron chi connectivity index (χ1n) is 30.0. The number of ether oxygens (including phenoxy) is 3. The molecule has 0 amide bonds. The molecule has 0 saturated heterocycles. The van der Waals surface area contributed by atoms with Crippen LogP contribution >= 0.6 is 0 Å². The quantitative estimate of drug-likeness (QED) is 0.0262. The SMILES string of the molecule is CCCCC/C=C\CCCCCCCC(=O)OCC(COC(=O)CCCCCCCCCCCCCCC/C=C\C/C=C\CCCCCCC)OC(=O)CCCCCCCCCCCCCCC. The zero-order valence-corrected chi connectivity index (χ0v) is 45.6. The van der Waals surface area contributed by atoms with Gasteiger partial charge in [0, 0.05) is 19.3 Å². The van der Waals surface area contributed by atoms with Crippen molar-refractivity contribution in [2.75, 3.05) is 13.2 Å². The molecular formula is C62H114O6. The van der Waals surface area contributed by atoms with E-state index in [0.717, 1.165) is 70.6 Å². The highest BCUT2D eigenvalue weighted by Crippen LogP contribution is 2.17. The average molecular weight is 956 g/mol. The smallest absolute Gasteiger partial charge is 0.306 e. The van der Waals surface area contributed by atoms with E-state index >= 15 is 0 Å². The summed E-state index contributed by atoms with van der Waals surface area (Å²) in [4.78, 5) is 38.1. The molecule has 0 aliphatic rings. The normalized spacial score (nSPS) is 12.2. The first kappa shape index (κ1) is 65.6. The molecule has 68 heavy (non-hydrogen) atoms. The third-order valence-electron chi connectivity index (χ3n) is 13.4. The molecule has 0 saturated carbocycles. The minimum absolute atomic E-state index is 0.0711. The van der Waals surface area contributed by atoms with Gasteiger partial charge in [0.25, 0.3) is 0 Å². The van der Waals surface area contributed by atoms with Crippen LogP contribution in [-0.2, 0) is 28.6 Å². The fourth-order valence-electron chi connectivity index (χ4n) is 8.82. The van der Waals surface area contributed by atoms with Crippen molar-refractivity contribution in [1.82, 2.24) is 0 Å². The minimum Gasteiger partial charge on any atom is -0.462 e. The Kier molecular flexibility index (Phi) is 55.2. The number of hydrogen-bond acceptors (Lipinski definition) is 6. The van der Waals surface area contributed by atoms with Crippen LogP contribution in [-0.4, -0.2) is 37.2 Å². The highest BCUT2D eigenvalue weighted by atomic mass is 16.6. The molecule has 0 aromatic heterocycles. The summed E-state index contributed by atoms with van der Waals surface area (Å²) in [6.07, 6.45) is 68.6. The van der Waals surface area contributed by atoms with Crippen LogP contribution in [0, 0.1) is 0 Å². The van der Waals surface area contributed by atoms with Gasteiger partial charge in [0.15, 0.2) is 6.10 Å². The largest absolute Gasteiger partial charge is 0.462 e. The maximum absolute atomic E-state index is 12.8. The van der Waals surface area contributed by atoms with Crippen LogP contribution in [0.1, 0.15) is 323 Å². The van der Waals surface area contributed by atoms with Gasteiger partial charge in [-0.3, -0.25) is 14.4 Å². The molecule has 0 fully saturated rings. The van der Waals surface area contributed by atoms with Crippen LogP contribution in [0.3, 0.4) is 0 Å². The molecular weight excluding hydrogens is 841 g/mol. The fraction of sp³-hybridized carbons (Fsp3) is 0.855. The molecule has 0 aromatic rings. The van der Waals surface area contributed by atoms with Gasteiger partial charge in [-0.1, -0.05) is 263 Å². The molecule has 0 spiro atoms. The second kappa shape index (κ2) is 57.2.